The Hall–Kier alpha value is -0.0800. The van der Waals surface area contributed by atoms with Crippen molar-refractivity contribution in [3.63, 3.8) is 0 Å². The van der Waals surface area contributed by atoms with Gasteiger partial charge in [-0.1, -0.05) is 26.2 Å². The summed E-state index contributed by atoms with van der Waals surface area (Å²) in [6.07, 6.45) is 7.06. The van der Waals surface area contributed by atoms with Gasteiger partial charge in [-0.05, 0) is 32.9 Å². The molecule has 0 radical (unpaired) electrons. The SMILES string of the molecule is CCC1CCCCC1NCCN(C)C. The third-order valence-electron chi connectivity index (χ3n) is 3.40. The van der Waals surface area contributed by atoms with Crippen molar-refractivity contribution < 1.29 is 0 Å². The lowest BCUT2D eigenvalue weighted by Crippen LogP contribution is -2.41. The number of hydrogen-bond donors (Lipinski definition) is 1. The molecular weight excluding hydrogens is 172 g/mol. The van der Waals surface area contributed by atoms with E-state index >= 15 is 0 Å². The number of hydrogen-bond acceptors (Lipinski definition) is 2. The fraction of sp³-hybridized carbons (Fsp3) is 1.00. The van der Waals surface area contributed by atoms with Crippen LogP contribution >= 0.6 is 0 Å². The van der Waals surface area contributed by atoms with Gasteiger partial charge in [0.1, 0.15) is 0 Å². The summed E-state index contributed by atoms with van der Waals surface area (Å²) >= 11 is 0. The summed E-state index contributed by atoms with van der Waals surface area (Å²) in [5.41, 5.74) is 0. The Morgan fingerprint density at radius 1 is 1.21 bits per heavy atom. The average Bonchev–Trinajstić information content (AvgIpc) is 2.18. The van der Waals surface area contributed by atoms with Gasteiger partial charge in [-0.3, -0.25) is 0 Å². The van der Waals surface area contributed by atoms with Gasteiger partial charge in [-0.25, -0.2) is 0 Å². The number of rotatable bonds is 5. The molecule has 1 aliphatic carbocycles. The lowest BCUT2D eigenvalue weighted by Gasteiger charge is -2.32. The van der Waals surface area contributed by atoms with Crippen LogP contribution in [0.3, 0.4) is 0 Å². The zero-order valence-corrected chi connectivity index (χ0v) is 10.1. The van der Waals surface area contributed by atoms with Crippen LogP contribution in [0.1, 0.15) is 39.0 Å². The first-order chi connectivity index (χ1) is 6.74. The highest BCUT2D eigenvalue weighted by Crippen LogP contribution is 2.26. The van der Waals surface area contributed by atoms with Crippen molar-refractivity contribution in [2.45, 2.75) is 45.1 Å². The molecule has 2 heteroatoms. The zero-order chi connectivity index (χ0) is 10.4. The van der Waals surface area contributed by atoms with E-state index in [-0.39, 0.29) is 0 Å². The summed E-state index contributed by atoms with van der Waals surface area (Å²) in [5, 5.41) is 3.71. The highest BCUT2D eigenvalue weighted by molar-refractivity contribution is 4.80. The number of likely N-dealkylation sites (N-methyl/N-ethyl adjacent to an activating group) is 1. The molecule has 0 aromatic carbocycles. The minimum Gasteiger partial charge on any atom is -0.312 e. The Kier molecular flexibility index (Phi) is 5.49. The second-order valence-electron chi connectivity index (χ2n) is 4.82. The molecule has 1 fully saturated rings. The highest BCUT2D eigenvalue weighted by atomic mass is 15.1. The molecule has 1 saturated carbocycles. The maximum Gasteiger partial charge on any atom is 0.0101 e. The molecule has 0 aromatic heterocycles. The van der Waals surface area contributed by atoms with Crippen molar-refractivity contribution >= 4 is 0 Å². The van der Waals surface area contributed by atoms with E-state index in [2.05, 4.69) is 31.2 Å². The Labute approximate surface area is 89.1 Å². The van der Waals surface area contributed by atoms with E-state index in [0.29, 0.717) is 0 Å². The van der Waals surface area contributed by atoms with E-state index in [1.807, 2.05) is 0 Å². The highest BCUT2D eigenvalue weighted by Gasteiger charge is 2.22. The molecule has 0 aromatic rings. The monoisotopic (exact) mass is 198 g/mol. The smallest absolute Gasteiger partial charge is 0.0101 e. The molecule has 1 N–H and O–H groups in total. The van der Waals surface area contributed by atoms with Gasteiger partial charge in [0.15, 0.2) is 0 Å². The Balaban J connectivity index is 2.19. The van der Waals surface area contributed by atoms with Crippen LogP contribution in [0.4, 0.5) is 0 Å². The molecule has 1 rings (SSSR count). The molecule has 0 spiro atoms. The molecule has 14 heavy (non-hydrogen) atoms. The minimum atomic E-state index is 0.800. The van der Waals surface area contributed by atoms with E-state index < -0.39 is 0 Å². The maximum absolute atomic E-state index is 3.71. The summed E-state index contributed by atoms with van der Waals surface area (Å²) in [5.74, 6) is 0.936. The first-order valence-electron chi connectivity index (χ1n) is 6.12. The first kappa shape index (κ1) is 12.0. The second-order valence-corrected chi connectivity index (χ2v) is 4.82. The molecule has 0 amide bonds. The topological polar surface area (TPSA) is 15.3 Å². The quantitative estimate of drug-likeness (QED) is 0.728. The fourth-order valence-electron chi connectivity index (χ4n) is 2.44. The predicted octanol–water partition coefficient (Wildman–Crippen LogP) is 2.11. The lowest BCUT2D eigenvalue weighted by atomic mass is 9.83. The van der Waals surface area contributed by atoms with Crippen LogP contribution < -0.4 is 5.32 Å². The third-order valence-corrected chi connectivity index (χ3v) is 3.40. The van der Waals surface area contributed by atoms with E-state index in [1.54, 1.807) is 0 Å². The van der Waals surface area contributed by atoms with Gasteiger partial charge in [0.25, 0.3) is 0 Å². The molecule has 2 unspecified atom stereocenters. The van der Waals surface area contributed by atoms with Crippen molar-refractivity contribution in [2.24, 2.45) is 5.92 Å². The predicted molar refractivity (Wildman–Crippen MR) is 62.6 cm³/mol. The van der Waals surface area contributed by atoms with Gasteiger partial charge >= 0.3 is 0 Å². The summed E-state index contributed by atoms with van der Waals surface area (Å²) < 4.78 is 0. The van der Waals surface area contributed by atoms with Crippen molar-refractivity contribution in [1.29, 1.82) is 0 Å². The largest absolute Gasteiger partial charge is 0.312 e. The molecule has 0 heterocycles. The minimum absolute atomic E-state index is 0.800. The lowest BCUT2D eigenvalue weighted by molar-refractivity contribution is 0.248. The average molecular weight is 198 g/mol. The van der Waals surface area contributed by atoms with Crippen molar-refractivity contribution in [3.05, 3.63) is 0 Å². The molecule has 0 saturated heterocycles. The van der Waals surface area contributed by atoms with E-state index in [4.69, 9.17) is 0 Å². The summed E-state index contributed by atoms with van der Waals surface area (Å²) in [6.45, 7) is 4.64. The van der Waals surface area contributed by atoms with E-state index in [1.165, 1.54) is 32.1 Å². The van der Waals surface area contributed by atoms with Crippen LogP contribution in [0.2, 0.25) is 0 Å². The van der Waals surface area contributed by atoms with Crippen LogP contribution in [-0.2, 0) is 0 Å². The Morgan fingerprint density at radius 3 is 2.57 bits per heavy atom. The third kappa shape index (κ3) is 3.97. The molecule has 2 atom stereocenters. The number of nitrogens with one attached hydrogen (secondary N) is 1. The maximum atomic E-state index is 3.71. The van der Waals surface area contributed by atoms with Gasteiger partial charge in [0.2, 0.25) is 0 Å². The normalized spacial score (nSPS) is 28.3. The zero-order valence-electron chi connectivity index (χ0n) is 10.1. The second kappa shape index (κ2) is 6.41. The molecule has 0 aliphatic heterocycles. The van der Waals surface area contributed by atoms with Crippen LogP contribution in [-0.4, -0.2) is 38.1 Å². The molecular formula is C12H26N2. The van der Waals surface area contributed by atoms with Crippen molar-refractivity contribution in [3.8, 4) is 0 Å². The van der Waals surface area contributed by atoms with Gasteiger partial charge in [0.05, 0.1) is 0 Å². The fourth-order valence-corrected chi connectivity index (χ4v) is 2.44. The Morgan fingerprint density at radius 2 is 1.93 bits per heavy atom. The van der Waals surface area contributed by atoms with Gasteiger partial charge in [-0.15, -0.1) is 0 Å². The molecule has 0 bridgehead atoms. The van der Waals surface area contributed by atoms with Gasteiger partial charge in [-0.2, -0.15) is 0 Å². The summed E-state index contributed by atoms with van der Waals surface area (Å²) in [4.78, 5) is 2.25. The number of nitrogens with zero attached hydrogens (tertiary/aromatic N) is 1. The molecule has 2 nitrogen and oxygen atoms in total. The van der Waals surface area contributed by atoms with E-state index in [9.17, 15) is 0 Å². The van der Waals surface area contributed by atoms with Crippen molar-refractivity contribution in [1.82, 2.24) is 10.2 Å². The van der Waals surface area contributed by atoms with Crippen LogP contribution in [0.5, 0.6) is 0 Å². The van der Waals surface area contributed by atoms with Crippen molar-refractivity contribution in [2.75, 3.05) is 27.2 Å². The summed E-state index contributed by atoms with van der Waals surface area (Å²) in [7, 11) is 4.28. The van der Waals surface area contributed by atoms with Gasteiger partial charge < -0.3 is 10.2 Å². The summed E-state index contributed by atoms with van der Waals surface area (Å²) in [6, 6.07) is 0.800. The molecule has 84 valence electrons. The van der Waals surface area contributed by atoms with Crippen LogP contribution in [0, 0.1) is 5.92 Å². The first-order valence-corrected chi connectivity index (χ1v) is 6.12. The van der Waals surface area contributed by atoms with Gasteiger partial charge in [0, 0.05) is 19.1 Å². The van der Waals surface area contributed by atoms with E-state index in [0.717, 1.165) is 25.0 Å². The van der Waals surface area contributed by atoms with Crippen LogP contribution in [0.25, 0.3) is 0 Å². The Bertz CT molecular complexity index is 145. The standard InChI is InChI=1S/C12H26N2/c1-4-11-7-5-6-8-12(11)13-9-10-14(2)3/h11-13H,4-10H2,1-3H3. The van der Waals surface area contributed by atoms with Crippen LogP contribution in [0.15, 0.2) is 0 Å². The molecule has 1 aliphatic rings.